The van der Waals surface area contributed by atoms with Crippen molar-refractivity contribution in [2.45, 2.75) is 18.5 Å². The fourth-order valence-electron chi connectivity index (χ4n) is 5.01. The molecule has 1 amide bonds. The number of hydrogen-bond donors (Lipinski definition) is 2. The van der Waals surface area contributed by atoms with Crippen molar-refractivity contribution in [2.24, 2.45) is 5.92 Å². The van der Waals surface area contributed by atoms with Crippen molar-refractivity contribution in [1.29, 1.82) is 0 Å². The van der Waals surface area contributed by atoms with E-state index in [9.17, 15) is 14.3 Å². The summed E-state index contributed by atoms with van der Waals surface area (Å²) in [5.74, 6) is 6.68. The van der Waals surface area contributed by atoms with Crippen molar-refractivity contribution in [1.82, 2.24) is 4.90 Å². The second-order valence-electron chi connectivity index (χ2n) is 8.59. The number of benzene rings is 3. The van der Waals surface area contributed by atoms with Crippen LogP contribution in [0.2, 0.25) is 0 Å². The van der Waals surface area contributed by atoms with Gasteiger partial charge in [-0.3, -0.25) is 4.79 Å². The predicted molar refractivity (Wildman–Crippen MR) is 128 cm³/mol. The van der Waals surface area contributed by atoms with E-state index in [1.54, 1.807) is 7.11 Å². The Hall–Kier alpha value is -3.82. The second-order valence-corrected chi connectivity index (χ2v) is 8.59. The zero-order chi connectivity index (χ0) is 23.7. The summed E-state index contributed by atoms with van der Waals surface area (Å²) in [7, 11) is 1.62. The average molecular weight is 457 g/mol. The molecule has 5 rings (SSSR count). The molecule has 0 radical (unpaired) electrons. The molecule has 0 aliphatic carbocycles. The number of carbonyl (C=O) groups excluding carboxylic acids is 1. The maximum atomic E-state index is 13.4. The van der Waals surface area contributed by atoms with Gasteiger partial charge in [-0.25, -0.2) is 4.39 Å². The normalized spacial score (nSPS) is 20.4. The van der Waals surface area contributed by atoms with Gasteiger partial charge in [0.25, 0.3) is 5.91 Å². The molecule has 2 N–H and O–H groups in total. The first-order valence-electron chi connectivity index (χ1n) is 11.3. The average Bonchev–Trinajstić information content (AvgIpc) is 3.33. The molecule has 2 aliphatic rings. The number of amides is 1. The molecule has 0 spiro atoms. The van der Waals surface area contributed by atoms with Crippen LogP contribution in [0.25, 0.3) is 0 Å². The number of methoxy groups -OCH3 is 1. The van der Waals surface area contributed by atoms with Crippen LogP contribution in [0.3, 0.4) is 0 Å². The molecule has 0 saturated carbocycles. The van der Waals surface area contributed by atoms with Gasteiger partial charge >= 0.3 is 0 Å². The number of aliphatic hydroxyl groups is 1. The van der Waals surface area contributed by atoms with Gasteiger partial charge in [-0.15, -0.1) is 0 Å². The molecule has 34 heavy (non-hydrogen) atoms. The lowest BCUT2D eigenvalue weighted by Gasteiger charge is -2.39. The SMILES string of the molecule is COc1ccccc1C#Cc1ccc2c(c1)[C@H]1[C@H](CCN1C(=O)c1ccc(F)cc1)[C@@H](CO)N2. The van der Waals surface area contributed by atoms with Crippen LogP contribution >= 0.6 is 0 Å². The Bertz CT molecular complexity index is 1280. The summed E-state index contributed by atoms with van der Waals surface area (Å²) >= 11 is 0. The molecule has 6 heteroatoms. The van der Waals surface area contributed by atoms with Crippen LogP contribution in [-0.4, -0.2) is 42.2 Å². The highest BCUT2D eigenvalue weighted by Crippen LogP contribution is 2.47. The molecule has 3 atom stereocenters. The molecule has 172 valence electrons. The predicted octanol–water partition coefficient (Wildman–Crippen LogP) is 4.22. The van der Waals surface area contributed by atoms with Crippen molar-refractivity contribution >= 4 is 11.6 Å². The van der Waals surface area contributed by atoms with E-state index in [1.165, 1.54) is 24.3 Å². The minimum absolute atomic E-state index is 0.0193. The maximum absolute atomic E-state index is 13.4. The van der Waals surface area contributed by atoms with Crippen molar-refractivity contribution < 1.29 is 19.0 Å². The topological polar surface area (TPSA) is 61.8 Å². The van der Waals surface area contributed by atoms with Gasteiger partial charge < -0.3 is 20.1 Å². The summed E-state index contributed by atoms with van der Waals surface area (Å²) in [6.45, 7) is 0.550. The van der Waals surface area contributed by atoms with Gasteiger partial charge in [-0.1, -0.05) is 24.0 Å². The van der Waals surface area contributed by atoms with Gasteiger partial charge in [-0.05, 0) is 66.6 Å². The van der Waals surface area contributed by atoms with Gasteiger partial charge in [0.15, 0.2) is 0 Å². The molecule has 2 heterocycles. The number of nitrogens with one attached hydrogen (secondary N) is 1. The smallest absolute Gasteiger partial charge is 0.254 e. The summed E-state index contributed by atoms with van der Waals surface area (Å²) in [5, 5.41) is 13.4. The lowest BCUT2D eigenvalue weighted by Crippen LogP contribution is -2.42. The largest absolute Gasteiger partial charge is 0.495 e. The Morgan fingerprint density at radius 3 is 2.71 bits per heavy atom. The standard InChI is InChI=1S/C28H25FN2O3/c1-34-26-5-3-2-4-19(26)8-6-18-7-13-24-23(16-18)27-22(25(17-32)30-24)14-15-31(27)28(33)20-9-11-21(29)12-10-20/h2-5,7,9-13,16,22,25,27,30,32H,14-15,17H2,1H3/t22-,25-,27-/m1/s1. The molecule has 1 fully saturated rings. The quantitative estimate of drug-likeness (QED) is 0.580. The third-order valence-corrected chi connectivity index (χ3v) is 6.67. The van der Waals surface area contributed by atoms with E-state index in [0.717, 1.165) is 28.8 Å². The fraction of sp³-hybridized carbons (Fsp3) is 0.250. The molecule has 0 aromatic heterocycles. The van der Waals surface area contributed by atoms with Crippen molar-refractivity contribution in [3.8, 4) is 17.6 Å². The van der Waals surface area contributed by atoms with E-state index in [1.807, 2.05) is 47.4 Å². The van der Waals surface area contributed by atoms with Gasteiger partial charge in [0, 0.05) is 29.3 Å². The molecule has 3 aromatic carbocycles. The Labute approximate surface area is 198 Å². The summed E-state index contributed by atoms with van der Waals surface area (Å²) in [5.41, 5.74) is 3.95. The van der Waals surface area contributed by atoms with E-state index >= 15 is 0 Å². The number of hydrogen-bond acceptors (Lipinski definition) is 4. The zero-order valence-electron chi connectivity index (χ0n) is 18.8. The fourth-order valence-corrected chi connectivity index (χ4v) is 5.01. The summed E-state index contributed by atoms with van der Waals surface area (Å²) < 4.78 is 18.8. The van der Waals surface area contributed by atoms with E-state index in [0.29, 0.717) is 17.9 Å². The number of likely N-dealkylation sites (tertiary alicyclic amines) is 1. The lowest BCUT2D eigenvalue weighted by atomic mass is 9.82. The number of ether oxygens (including phenoxy) is 1. The minimum atomic E-state index is -0.373. The number of halogens is 1. The molecular weight excluding hydrogens is 431 g/mol. The number of nitrogens with zero attached hydrogens (tertiary/aromatic N) is 1. The highest BCUT2D eigenvalue weighted by molar-refractivity contribution is 5.95. The van der Waals surface area contributed by atoms with Crippen LogP contribution in [0.5, 0.6) is 5.75 Å². The van der Waals surface area contributed by atoms with E-state index in [-0.39, 0.29) is 36.3 Å². The van der Waals surface area contributed by atoms with Crippen molar-refractivity contribution in [3.05, 3.63) is 94.8 Å². The third-order valence-electron chi connectivity index (χ3n) is 6.67. The van der Waals surface area contributed by atoms with Crippen LogP contribution in [0, 0.1) is 23.6 Å². The molecular formula is C28H25FN2O3. The molecule has 5 nitrogen and oxygen atoms in total. The molecule has 3 aromatic rings. The molecule has 2 aliphatic heterocycles. The molecule has 0 unspecified atom stereocenters. The number of para-hydroxylation sites is 1. The van der Waals surface area contributed by atoms with Gasteiger partial charge in [0.05, 0.1) is 31.4 Å². The highest BCUT2D eigenvalue weighted by Gasteiger charge is 2.45. The van der Waals surface area contributed by atoms with Gasteiger partial charge in [0.2, 0.25) is 0 Å². The number of aliphatic hydroxyl groups excluding tert-OH is 1. The van der Waals surface area contributed by atoms with Crippen LogP contribution in [0.15, 0.2) is 66.7 Å². The Morgan fingerprint density at radius 2 is 1.94 bits per heavy atom. The second kappa shape index (κ2) is 9.20. The monoisotopic (exact) mass is 456 g/mol. The first-order valence-corrected chi connectivity index (χ1v) is 11.3. The van der Waals surface area contributed by atoms with Crippen LogP contribution in [0.4, 0.5) is 10.1 Å². The van der Waals surface area contributed by atoms with Crippen LogP contribution in [0.1, 0.15) is 39.5 Å². The Morgan fingerprint density at radius 1 is 1.15 bits per heavy atom. The number of fused-ring (bicyclic) bond motifs is 3. The van der Waals surface area contributed by atoms with E-state index in [4.69, 9.17) is 4.74 Å². The first-order chi connectivity index (χ1) is 16.6. The van der Waals surface area contributed by atoms with Crippen molar-refractivity contribution in [2.75, 3.05) is 25.6 Å². The minimum Gasteiger partial charge on any atom is -0.495 e. The first kappa shape index (κ1) is 22.0. The highest BCUT2D eigenvalue weighted by atomic mass is 19.1. The van der Waals surface area contributed by atoms with E-state index in [2.05, 4.69) is 17.2 Å². The molecule has 1 saturated heterocycles. The summed E-state index contributed by atoms with van der Waals surface area (Å²) in [4.78, 5) is 15.2. The summed E-state index contributed by atoms with van der Waals surface area (Å²) in [6.07, 6.45) is 0.770. The van der Waals surface area contributed by atoms with Crippen molar-refractivity contribution in [3.63, 3.8) is 0 Å². The maximum Gasteiger partial charge on any atom is 0.254 e. The summed E-state index contributed by atoms with van der Waals surface area (Å²) in [6, 6.07) is 18.8. The Balaban J connectivity index is 1.52. The number of carbonyl (C=O) groups is 1. The third kappa shape index (κ3) is 4.00. The van der Waals surface area contributed by atoms with E-state index < -0.39 is 0 Å². The number of rotatable bonds is 3. The lowest BCUT2D eigenvalue weighted by molar-refractivity contribution is 0.0701. The number of anilines is 1. The van der Waals surface area contributed by atoms with Gasteiger partial charge in [0.1, 0.15) is 11.6 Å². The van der Waals surface area contributed by atoms with Gasteiger partial charge in [-0.2, -0.15) is 0 Å². The molecule has 0 bridgehead atoms. The zero-order valence-corrected chi connectivity index (χ0v) is 18.8. The van der Waals surface area contributed by atoms with Crippen LogP contribution in [-0.2, 0) is 0 Å². The van der Waals surface area contributed by atoms with Crippen LogP contribution < -0.4 is 10.1 Å². The Kier molecular flexibility index (Phi) is 5.95.